The highest BCUT2D eigenvalue weighted by Gasteiger charge is 2.47. The number of imide groups is 1. The maximum atomic E-state index is 12.9. The van der Waals surface area contributed by atoms with Crippen molar-refractivity contribution in [3.63, 3.8) is 0 Å². The fourth-order valence-corrected chi connectivity index (χ4v) is 3.38. The molecule has 8 heteroatoms. The first-order valence-corrected chi connectivity index (χ1v) is 9.90. The zero-order chi connectivity index (χ0) is 22.6. The predicted molar refractivity (Wildman–Crippen MR) is 115 cm³/mol. The summed E-state index contributed by atoms with van der Waals surface area (Å²) in [6.45, 7) is 2.73. The van der Waals surface area contributed by atoms with Crippen molar-refractivity contribution >= 4 is 29.3 Å². The zero-order valence-electron chi connectivity index (χ0n) is 17.7. The van der Waals surface area contributed by atoms with Crippen LogP contribution in [0.2, 0.25) is 0 Å². The number of Topliss-reactive ketones (excluding diaryl/α,β-unsaturated/α-hetero) is 1. The second-order valence-corrected chi connectivity index (χ2v) is 7.68. The van der Waals surface area contributed by atoms with E-state index < -0.39 is 29.9 Å². The molecule has 2 aromatic carbocycles. The smallest absolute Gasteiger partial charge is 0.325 e. The van der Waals surface area contributed by atoms with Crippen molar-refractivity contribution in [2.24, 2.45) is 0 Å². The molecule has 0 saturated carbocycles. The van der Waals surface area contributed by atoms with Gasteiger partial charge in [-0.05, 0) is 68.7 Å². The third kappa shape index (κ3) is 5.09. The third-order valence-electron chi connectivity index (χ3n) is 5.29. The largest absolute Gasteiger partial charge is 0.497 e. The van der Waals surface area contributed by atoms with Gasteiger partial charge in [0.2, 0.25) is 5.91 Å². The van der Waals surface area contributed by atoms with Gasteiger partial charge in [0.15, 0.2) is 5.78 Å². The van der Waals surface area contributed by atoms with Gasteiger partial charge < -0.3 is 15.4 Å². The Bertz CT molecular complexity index is 1000. The van der Waals surface area contributed by atoms with Crippen molar-refractivity contribution in [2.45, 2.75) is 32.2 Å². The standard InChI is InChI=1S/C23H25N3O5/c1-15(27)17-6-8-18(9-7-17)24-20(28)14-26-21(29)23(2,25-22(26)30)13-12-16-4-10-19(31-3)11-5-16/h4-11H,12-14H2,1-3H3,(H,24,28)(H,25,30)/t23-/m0/s1. The van der Waals surface area contributed by atoms with Gasteiger partial charge in [0.25, 0.3) is 5.91 Å². The van der Waals surface area contributed by atoms with E-state index in [0.29, 0.717) is 24.1 Å². The molecular weight excluding hydrogens is 398 g/mol. The van der Waals surface area contributed by atoms with E-state index in [1.54, 1.807) is 38.3 Å². The highest BCUT2D eigenvalue weighted by atomic mass is 16.5. The van der Waals surface area contributed by atoms with Crippen LogP contribution in [0.5, 0.6) is 5.75 Å². The summed E-state index contributed by atoms with van der Waals surface area (Å²) in [5.74, 6) is -0.272. The number of urea groups is 1. The Morgan fingerprint density at radius 2 is 1.71 bits per heavy atom. The van der Waals surface area contributed by atoms with E-state index in [1.165, 1.54) is 6.92 Å². The molecule has 0 aliphatic carbocycles. The Kier molecular flexibility index (Phi) is 6.39. The Labute approximate surface area is 180 Å². The van der Waals surface area contributed by atoms with Gasteiger partial charge in [0, 0.05) is 11.3 Å². The van der Waals surface area contributed by atoms with Gasteiger partial charge in [-0.15, -0.1) is 0 Å². The lowest BCUT2D eigenvalue weighted by Crippen LogP contribution is -2.45. The number of nitrogens with one attached hydrogen (secondary N) is 2. The fraction of sp³-hybridized carbons (Fsp3) is 0.304. The number of methoxy groups -OCH3 is 1. The van der Waals surface area contributed by atoms with Crippen LogP contribution in [-0.2, 0) is 16.0 Å². The number of hydrogen-bond acceptors (Lipinski definition) is 5. The van der Waals surface area contributed by atoms with Crippen LogP contribution in [-0.4, -0.2) is 47.7 Å². The summed E-state index contributed by atoms with van der Waals surface area (Å²) in [6.07, 6.45) is 0.976. The molecule has 1 aliphatic heterocycles. The van der Waals surface area contributed by atoms with Crippen LogP contribution in [0.25, 0.3) is 0 Å². The molecule has 0 spiro atoms. The Hall–Kier alpha value is -3.68. The maximum Gasteiger partial charge on any atom is 0.325 e. The van der Waals surface area contributed by atoms with Crippen molar-refractivity contribution in [3.8, 4) is 5.75 Å². The van der Waals surface area contributed by atoms with E-state index in [4.69, 9.17) is 4.74 Å². The lowest BCUT2D eigenvalue weighted by atomic mass is 9.93. The van der Waals surface area contributed by atoms with Crippen LogP contribution in [0.1, 0.15) is 36.2 Å². The SMILES string of the molecule is COc1ccc(CC[C@]2(C)NC(=O)N(CC(=O)Nc3ccc(C(C)=O)cc3)C2=O)cc1. The van der Waals surface area contributed by atoms with E-state index in [0.717, 1.165) is 16.2 Å². The van der Waals surface area contributed by atoms with Gasteiger partial charge in [-0.3, -0.25) is 19.3 Å². The van der Waals surface area contributed by atoms with E-state index in [-0.39, 0.29) is 5.78 Å². The number of amides is 4. The summed E-state index contributed by atoms with van der Waals surface area (Å²) >= 11 is 0. The number of benzene rings is 2. The molecule has 1 saturated heterocycles. The number of ketones is 1. The van der Waals surface area contributed by atoms with Crippen molar-refractivity contribution in [1.29, 1.82) is 0 Å². The molecule has 3 rings (SSSR count). The van der Waals surface area contributed by atoms with Gasteiger partial charge in [0.05, 0.1) is 7.11 Å². The molecule has 0 unspecified atom stereocenters. The van der Waals surface area contributed by atoms with Crippen LogP contribution in [0.3, 0.4) is 0 Å². The summed E-state index contributed by atoms with van der Waals surface area (Å²) in [7, 11) is 1.59. The molecule has 2 N–H and O–H groups in total. The molecule has 0 radical (unpaired) electrons. The minimum Gasteiger partial charge on any atom is -0.497 e. The average Bonchev–Trinajstić information content (AvgIpc) is 2.96. The molecule has 0 bridgehead atoms. The molecule has 0 aromatic heterocycles. The molecule has 1 heterocycles. The second-order valence-electron chi connectivity index (χ2n) is 7.68. The Balaban J connectivity index is 1.59. The van der Waals surface area contributed by atoms with Crippen LogP contribution in [0, 0.1) is 0 Å². The van der Waals surface area contributed by atoms with Gasteiger partial charge in [-0.2, -0.15) is 0 Å². The summed E-state index contributed by atoms with van der Waals surface area (Å²) in [6, 6.07) is 13.3. The molecule has 4 amide bonds. The van der Waals surface area contributed by atoms with Crippen LogP contribution < -0.4 is 15.4 Å². The lowest BCUT2D eigenvalue weighted by Gasteiger charge is -2.21. The molecule has 1 fully saturated rings. The fourth-order valence-electron chi connectivity index (χ4n) is 3.38. The highest BCUT2D eigenvalue weighted by molar-refractivity contribution is 6.10. The normalized spacial score (nSPS) is 18.0. The van der Waals surface area contributed by atoms with Crippen molar-refractivity contribution in [3.05, 3.63) is 59.7 Å². The molecule has 162 valence electrons. The topological polar surface area (TPSA) is 105 Å². The summed E-state index contributed by atoms with van der Waals surface area (Å²) in [5, 5.41) is 5.34. The number of carbonyl (C=O) groups is 4. The number of rotatable bonds is 8. The van der Waals surface area contributed by atoms with Gasteiger partial charge in [-0.25, -0.2) is 4.79 Å². The molecule has 31 heavy (non-hydrogen) atoms. The molecule has 1 aliphatic rings. The number of hydrogen-bond donors (Lipinski definition) is 2. The van der Waals surface area contributed by atoms with E-state index in [1.807, 2.05) is 24.3 Å². The molecular formula is C23H25N3O5. The summed E-state index contributed by atoms with van der Waals surface area (Å²) in [4.78, 5) is 49.9. The van der Waals surface area contributed by atoms with Gasteiger partial charge in [-0.1, -0.05) is 12.1 Å². The van der Waals surface area contributed by atoms with Crippen LogP contribution >= 0.6 is 0 Å². The van der Waals surface area contributed by atoms with Crippen molar-refractivity contribution in [2.75, 3.05) is 19.0 Å². The predicted octanol–water partition coefficient (Wildman–Crippen LogP) is 2.78. The van der Waals surface area contributed by atoms with Crippen molar-refractivity contribution < 1.29 is 23.9 Å². The monoisotopic (exact) mass is 423 g/mol. The third-order valence-corrected chi connectivity index (χ3v) is 5.29. The Morgan fingerprint density at radius 1 is 1.06 bits per heavy atom. The lowest BCUT2D eigenvalue weighted by molar-refractivity contribution is -0.133. The first-order chi connectivity index (χ1) is 14.7. The first kappa shape index (κ1) is 22.0. The average molecular weight is 423 g/mol. The van der Waals surface area contributed by atoms with Crippen molar-refractivity contribution in [1.82, 2.24) is 10.2 Å². The quantitative estimate of drug-likeness (QED) is 0.502. The highest BCUT2D eigenvalue weighted by Crippen LogP contribution is 2.24. The van der Waals surface area contributed by atoms with Crippen LogP contribution in [0.15, 0.2) is 48.5 Å². The first-order valence-electron chi connectivity index (χ1n) is 9.90. The Morgan fingerprint density at radius 3 is 2.29 bits per heavy atom. The second kappa shape index (κ2) is 8.99. The maximum absolute atomic E-state index is 12.9. The number of anilines is 1. The molecule has 1 atom stereocenters. The number of ether oxygens (including phenoxy) is 1. The molecule has 8 nitrogen and oxygen atoms in total. The number of aryl methyl sites for hydroxylation is 1. The summed E-state index contributed by atoms with van der Waals surface area (Å²) in [5.41, 5.74) is 0.929. The minimum absolute atomic E-state index is 0.0777. The number of carbonyl (C=O) groups excluding carboxylic acids is 4. The van der Waals surface area contributed by atoms with E-state index in [9.17, 15) is 19.2 Å². The van der Waals surface area contributed by atoms with E-state index >= 15 is 0 Å². The van der Waals surface area contributed by atoms with Gasteiger partial charge >= 0.3 is 6.03 Å². The van der Waals surface area contributed by atoms with E-state index in [2.05, 4.69) is 10.6 Å². The summed E-state index contributed by atoms with van der Waals surface area (Å²) < 4.78 is 5.14. The number of nitrogens with zero attached hydrogens (tertiary/aromatic N) is 1. The minimum atomic E-state index is -1.08. The van der Waals surface area contributed by atoms with Gasteiger partial charge in [0.1, 0.15) is 17.8 Å². The molecule has 2 aromatic rings. The zero-order valence-corrected chi connectivity index (χ0v) is 17.7. The van der Waals surface area contributed by atoms with Crippen LogP contribution in [0.4, 0.5) is 10.5 Å².